The van der Waals surface area contributed by atoms with E-state index >= 15 is 0 Å². The Balaban J connectivity index is 2.46. The largest absolute Gasteiger partial charge is 0.343 e. The molecule has 0 heterocycles. The summed E-state index contributed by atoms with van der Waals surface area (Å²) >= 11 is 0. The van der Waals surface area contributed by atoms with Crippen molar-refractivity contribution in [2.24, 2.45) is 11.1 Å². The lowest BCUT2D eigenvalue weighted by atomic mass is 9.87. The third kappa shape index (κ3) is 7.28. The van der Waals surface area contributed by atoms with E-state index in [1.165, 1.54) is 5.56 Å². The standard InChI is InChI=1S/C18H30N2O/c1-5-20(12-11-15-9-7-6-8-10-15)17(21)13-16(19)14-18(2,3)4/h6-10,16H,5,11-14,19H2,1-4H3. The summed E-state index contributed by atoms with van der Waals surface area (Å²) < 4.78 is 0. The molecule has 3 heteroatoms. The first-order valence-electron chi connectivity index (χ1n) is 7.89. The van der Waals surface area contributed by atoms with Crippen LogP contribution in [0.1, 0.15) is 46.1 Å². The fraction of sp³-hybridized carbons (Fsp3) is 0.611. The molecule has 0 saturated heterocycles. The number of rotatable bonds is 7. The smallest absolute Gasteiger partial charge is 0.224 e. The number of hydrogen-bond acceptors (Lipinski definition) is 2. The first-order chi connectivity index (χ1) is 9.81. The lowest BCUT2D eigenvalue weighted by Gasteiger charge is -2.26. The van der Waals surface area contributed by atoms with Gasteiger partial charge in [-0.25, -0.2) is 0 Å². The second-order valence-electron chi connectivity index (χ2n) is 6.94. The van der Waals surface area contributed by atoms with E-state index < -0.39 is 0 Å². The van der Waals surface area contributed by atoms with Crippen molar-refractivity contribution in [2.75, 3.05) is 13.1 Å². The fourth-order valence-corrected chi connectivity index (χ4v) is 2.58. The Bertz CT molecular complexity index is 423. The van der Waals surface area contributed by atoms with Gasteiger partial charge in [0.2, 0.25) is 5.91 Å². The normalized spacial score (nSPS) is 13.0. The van der Waals surface area contributed by atoms with Crippen molar-refractivity contribution in [1.82, 2.24) is 4.90 Å². The second-order valence-corrected chi connectivity index (χ2v) is 6.94. The first kappa shape index (κ1) is 17.7. The van der Waals surface area contributed by atoms with Crippen LogP contribution in [0.4, 0.5) is 0 Å². The van der Waals surface area contributed by atoms with E-state index in [-0.39, 0.29) is 17.4 Å². The third-order valence-corrected chi connectivity index (χ3v) is 3.56. The first-order valence-corrected chi connectivity index (χ1v) is 7.89. The van der Waals surface area contributed by atoms with Crippen molar-refractivity contribution in [3.63, 3.8) is 0 Å². The van der Waals surface area contributed by atoms with Crippen LogP contribution in [0.25, 0.3) is 0 Å². The summed E-state index contributed by atoms with van der Waals surface area (Å²) in [5.74, 6) is 0.171. The maximum absolute atomic E-state index is 12.3. The molecule has 0 aliphatic heterocycles. The Labute approximate surface area is 129 Å². The SMILES string of the molecule is CCN(CCc1ccccc1)C(=O)CC(N)CC(C)(C)C. The fourth-order valence-electron chi connectivity index (χ4n) is 2.58. The molecule has 0 spiro atoms. The predicted molar refractivity (Wildman–Crippen MR) is 89.1 cm³/mol. The zero-order valence-electron chi connectivity index (χ0n) is 13.9. The van der Waals surface area contributed by atoms with Crippen molar-refractivity contribution in [2.45, 2.75) is 53.0 Å². The van der Waals surface area contributed by atoms with E-state index in [2.05, 4.69) is 32.9 Å². The van der Waals surface area contributed by atoms with Gasteiger partial charge in [0.1, 0.15) is 0 Å². The Morgan fingerprint density at radius 2 is 1.86 bits per heavy atom. The average molecular weight is 290 g/mol. The van der Waals surface area contributed by atoms with Crippen LogP contribution in [0.15, 0.2) is 30.3 Å². The minimum atomic E-state index is -0.0525. The summed E-state index contributed by atoms with van der Waals surface area (Å²) in [6, 6.07) is 10.2. The summed E-state index contributed by atoms with van der Waals surface area (Å²) in [6.07, 6.45) is 2.21. The van der Waals surface area contributed by atoms with Crippen LogP contribution in [-0.4, -0.2) is 29.9 Å². The number of carbonyl (C=O) groups is 1. The average Bonchev–Trinajstić information content (AvgIpc) is 2.38. The lowest BCUT2D eigenvalue weighted by Crippen LogP contribution is -2.38. The number of benzene rings is 1. The molecule has 1 amide bonds. The molecule has 0 bridgehead atoms. The van der Waals surface area contributed by atoms with Crippen LogP contribution >= 0.6 is 0 Å². The minimum Gasteiger partial charge on any atom is -0.343 e. The minimum absolute atomic E-state index is 0.0525. The van der Waals surface area contributed by atoms with Crippen molar-refractivity contribution in [1.29, 1.82) is 0 Å². The molecule has 2 N–H and O–H groups in total. The number of nitrogens with zero attached hydrogens (tertiary/aromatic N) is 1. The highest BCUT2D eigenvalue weighted by molar-refractivity contribution is 5.76. The molecule has 1 rings (SSSR count). The molecule has 21 heavy (non-hydrogen) atoms. The van der Waals surface area contributed by atoms with Gasteiger partial charge in [0.05, 0.1) is 0 Å². The Morgan fingerprint density at radius 1 is 1.24 bits per heavy atom. The van der Waals surface area contributed by atoms with Gasteiger partial charge in [-0.3, -0.25) is 4.79 Å². The van der Waals surface area contributed by atoms with Crippen molar-refractivity contribution >= 4 is 5.91 Å². The third-order valence-electron chi connectivity index (χ3n) is 3.56. The van der Waals surface area contributed by atoms with Crippen molar-refractivity contribution < 1.29 is 4.79 Å². The van der Waals surface area contributed by atoms with Crippen LogP contribution in [0, 0.1) is 5.41 Å². The molecule has 0 aromatic heterocycles. The maximum atomic E-state index is 12.3. The molecule has 1 atom stereocenters. The molecule has 3 nitrogen and oxygen atoms in total. The number of hydrogen-bond donors (Lipinski definition) is 1. The van der Waals surface area contributed by atoms with E-state index in [1.54, 1.807) is 0 Å². The van der Waals surface area contributed by atoms with Gasteiger partial charge in [0.15, 0.2) is 0 Å². The summed E-state index contributed by atoms with van der Waals surface area (Å²) in [7, 11) is 0. The quantitative estimate of drug-likeness (QED) is 0.838. The van der Waals surface area contributed by atoms with Crippen molar-refractivity contribution in [3.8, 4) is 0 Å². The summed E-state index contributed by atoms with van der Waals surface area (Å²) in [4.78, 5) is 14.2. The Hall–Kier alpha value is -1.35. The number of nitrogens with two attached hydrogens (primary N) is 1. The molecule has 0 saturated carbocycles. The van der Waals surface area contributed by atoms with Gasteiger partial charge in [-0.2, -0.15) is 0 Å². The van der Waals surface area contributed by atoms with Gasteiger partial charge in [0, 0.05) is 25.6 Å². The molecule has 0 aliphatic rings. The highest BCUT2D eigenvalue weighted by Crippen LogP contribution is 2.21. The van der Waals surface area contributed by atoms with E-state index in [0.29, 0.717) is 6.42 Å². The highest BCUT2D eigenvalue weighted by Gasteiger charge is 2.20. The van der Waals surface area contributed by atoms with Gasteiger partial charge in [-0.05, 0) is 30.7 Å². The summed E-state index contributed by atoms with van der Waals surface area (Å²) in [5.41, 5.74) is 7.55. The lowest BCUT2D eigenvalue weighted by molar-refractivity contribution is -0.131. The molecule has 1 unspecified atom stereocenters. The number of amides is 1. The molecule has 0 fully saturated rings. The topological polar surface area (TPSA) is 46.3 Å². The predicted octanol–water partition coefficient (Wildman–Crippen LogP) is 3.23. The van der Waals surface area contributed by atoms with Gasteiger partial charge < -0.3 is 10.6 Å². The molecule has 118 valence electrons. The molecule has 1 aromatic carbocycles. The molecule has 1 aromatic rings. The number of likely N-dealkylation sites (N-methyl/N-ethyl adjacent to an activating group) is 1. The van der Waals surface area contributed by atoms with E-state index in [9.17, 15) is 4.79 Å². The maximum Gasteiger partial charge on any atom is 0.224 e. The zero-order valence-corrected chi connectivity index (χ0v) is 13.9. The number of carbonyl (C=O) groups excluding carboxylic acids is 1. The molecular weight excluding hydrogens is 260 g/mol. The van der Waals surface area contributed by atoms with Crippen LogP contribution < -0.4 is 5.73 Å². The van der Waals surface area contributed by atoms with Crippen molar-refractivity contribution in [3.05, 3.63) is 35.9 Å². The van der Waals surface area contributed by atoms with Crippen LogP contribution in [0.3, 0.4) is 0 Å². The van der Waals surface area contributed by atoms with E-state index in [1.807, 2.05) is 30.0 Å². The van der Waals surface area contributed by atoms with Gasteiger partial charge in [-0.1, -0.05) is 51.1 Å². The van der Waals surface area contributed by atoms with Gasteiger partial charge >= 0.3 is 0 Å². The van der Waals surface area contributed by atoms with Gasteiger partial charge in [-0.15, -0.1) is 0 Å². The van der Waals surface area contributed by atoms with Crippen LogP contribution in [0.2, 0.25) is 0 Å². The molecule has 0 aliphatic carbocycles. The zero-order chi connectivity index (χ0) is 15.9. The van der Waals surface area contributed by atoms with Crippen LogP contribution in [-0.2, 0) is 11.2 Å². The van der Waals surface area contributed by atoms with E-state index in [4.69, 9.17) is 5.73 Å². The molecule has 0 radical (unpaired) electrons. The van der Waals surface area contributed by atoms with Crippen LogP contribution in [0.5, 0.6) is 0 Å². The van der Waals surface area contributed by atoms with Gasteiger partial charge in [0.25, 0.3) is 0 Å². The molecular formula is C18H30N2O. The Kier molecular flexibility index (Phi) is 6.90. The summed E-state index contributed by atoms with van der Waals surface area (Å²) in [6.45, 7) is 10.0. The Morgan fingerprint density at radius 3 is 2.38 bits per heavy atom. The second kappa shape index (κ2) is 8.18. The monoisotopic (exact) mass is 290 g/mol. The summed E-state index contributed by atoms with van der Waals surface area (Å²) in [5, 5.41) is 0. The highest BCUT2D eigenvalue weighted by atomic mass is 16.2. The van der Waals surface area contributed by atoms with E-state index in [0.717, 1.165) is 25.9 Å².